The molecule has 2 aromatic rings. The lowest BCUT2D eigenvalue weighted by molar-refractivity contribution is -0.126. The molecule has 1 saturated heterocycles. The molecule has 3 rings (SSSR count). The van der Waals surface area contributed by atoms with E-state index in [1.54, 1.807) is 18.2 Å². The highest BCUT2D eigenvalue weighted by molar-refractivity contribution is 6.35. The number of halogens is 3. The molecule has 2 aromatic carbocycles. The van der Waals surface area contributed by atoms with Gasteiger partial charge in [-0.25, -0.2) is 4.39 Å². The van der Waals surface area contributed by atoms with Crippen LogP contribution >= 0.6 is 23.2 Å². The second-order valence-corrected chi connectivity index (χ2v) is 7.47. The summed E-state index contributed by atoms with van der Waals surface area (Å²) in [7, 11) is 0. The SMILES string of the molecule is O=C(NCc1ccc(F)cc1)C1CCN(Cc2ccc(Cl)cc2Cl)CC1. The standard InChI is InChI=1S/C20H21Cl2FN2O/c21-17-4-3-16(19(22)11-17)13-25-9-7-15(8-10-25)20(26)24-12-14-1-5-18(23)6-2-14/h1-6,11,15H,7-10,12-13H2,(H,24,26). The summed E-state index contributed by atoms with van der Waals surface area (Å²) in [6, 6.07) is 11.7. The summed E-state index contributed by atoms with van der Waals surface area (Å²) in [5, 5.41) is 4.26. The van der Waals surface area contributed by atoms with Crippen LogP contribution in [0.4, 0.5) is 4.39 Å². The molecule has 1 fully saturated rings. The first-order chi connectivity index (χ1) is 12.5. The molecule has 1 amide bonds. The molecule has 1 aliphatic heterocycles. The lowest BCUT2D eigenvalue weighted by Gasteiger charge is -2.31. The number of likely N-dealkylation sites (tertiary alicyclic amines) is 1. The van der Waals surface area contributed by atoms with Gasteiger partial charge in [-0.1, -0.05) is 41.4 Å². The summed E-state index contributed by atoms with van der Waals surface area (Å²) >= 11 is 12.2. The third kappa shape index (κ3) is 5.19. The van der Waals surface area contributed by atoms with Gasteiger partial charge in [0.2, 0.25) is 5.91 Å². The fraction of sp³-hybridized carbons (Fsp3) is 0.350. The van der Waals surface area contributed by atoms with Crippen LogP contribution in [0.1, 0.15) is 24.0 Å². The molecule has 1 aliphatic rings. The van der Waals surface area contributed by atoms with Crippen molar-refractivity contribution in [2.45, 2.75) is 25.9 Å². The molecular formula is C20H21Cl2FN2O. The zero-order chi connectivity index (χ0) is 18.5. The van der Waals surface area contributed by atoms with Gasteiger partial charge in [-0.05, 0) is 61.3 Å². The summed E-state index contributed by atoms with van der Waals surface area (Å²) < 4.78 is 12.9. The lowest BCUT2D eigenvalue weighted by Crippen LogP contribution is -2.40. The average Bonchev–Trinajstić information content (AvgIpc) is 2.64. The van der Waals surface area contributed by atoms with Crippen LogP contribution < -0.4 is 5.32 Å². The number of hydrogen-bond acceptors (Lipinski definition) is 2. The fourth-order valence-electron chi connectivity index (χ4n) is 3.18. The molecular weight excluding hydrogens is 374 g/mol. The van der Waals surface area contributed by atoms with Crippen LogP contribution in [0, 0.1) is 11.7 Å². The molecule has 0 atom stereocenters. The Bertz CT molecular complexity index is 759. The third-order valence-corrected chi connectivity index (χ3v) is 5.33. The molecule has 0 unspecified atom stereocenters. The average molecular weight is 395 g/mol. The van der Waals surface area contributed by atoms with E-state index in [0.717, 1.165) is 43.6 Å². The molecule has 3 nitrogen and oxygen atoms in total. The van der Waals surface area contributed by atoms with Crippen LogP contribution in [0.15, 0.2) is 42.5 Å². The van der Waals surface area contributed by atoms with Crippen molar-refractivity contribution in [3.63, 3.8) is 0 Å². The zero-order valence-electron chi connectivity index (χ0n) is 14.4. The van der Waals surface area contributed by atoms with Gasteiger partial charge in [0.15, 0.2) is 0 Å². The highest BCUT2D eigenvalue weighted by atomic mass is 35.5. The molecule has 0 spiro atoms. The summed E-state index contributed by atoms with van der Waals surface area (Å²) in [6.07, 6.45) is 1.64. The zero-order valence-corrected chi connectivity index (χ0v) is 15.9. The van der Waals surface area contributed by atoms with Crippen molar-refractivity contribution in [3.05, 3.63) is 69.5 Å². The summed E-state index contributed by atoms with van der Waals surface area (Å²) in [4.78, 5) is 14.7. The van der Waals surface area contributed by atoms with Crippen molar-refractivity contribution in [1.82, 2.24) is 10.2 Å². The van der Waals surface area contributed by atoms with Crippen molar-refractivity contribution in [1.29, 1.82) is 0 Å². The Morgan fingerprint density at radius 2 is 1.81 bits per heavy atom. The van der Waals surface area contributed by atoms with Crippen LogP contribution in [-0.2, 0) is 17.9 Å². The Morgan fingerprint density at radius 3 is 2.46 bits per heavy atom. The molecule has 0 aromatic heterocycles. The molecule has 138 valence electrons. The van der Waals surface area contributed by atoms with Crippen molar-refractivity contribution in [2.24, 2.45) is 5.92 Å². The third-order valence-electron chi connectivity index (χ3n) is 4.75. The number of hydrogen-bond donors (Lipinski definition) is 1. The van der Waals surface area contributed by atoms with Gasteiger partial charge in [0.1, 0.15) is 5.82 Å². The van der Waals surface area contributed by atoms with Crippen LogP contribution in [0.5, 0.6) is 0 Å². The minimum atomic E-state index is -0.270. The number of nitrogens with one attached hydrogen (secondary N) is 1. The summed E-state index contributed by atoms with van der Waals surface area (Å²) in [5.74, 6) is -0.181. The van der Waals surface area contributed by atoms with Crippen LogP contribution in [0.3, 0.4) is 0 Å². The number of carbonyl (C=O) groups is 1. The van der Waals surface area contributed by atoms with E-state index < -0.39 is 0 Å². The van der Waals surface area contributed by atoms with Crippen molar-refractivity contribution in [2.75, 3.05) is 13.1 Å². The quantitative estimate of drug-likeness (QED) is 0.799. The van der Waals surface area contributed by atoms with E-state index in [1.807, 2.05) is 12.1 Å². The number of rotatable bonds is 5. The summed E-state index contributed by atoms with van der Waals surface area (Å²) in [6.45, 7) is 2.90. The van der Waals surface area contributed by atoms with E-state index in [1.165, 1.54) is 12.1 Å². The minimum Gasteiger partial charge on any atom is -0.352 e. The first-order valence-corrected chi connectivity index (χ1v) is 9.45. The monoisotopic (exact) mass is 394 g/mol. The predicted molar refractivity (Wildman–Crippen MR) is 103 cm³/mol. The van der Waals surface area contributed by atoms with Gasteiger partial charge in [-0.2, -0.15) is 0 Å². The van der Waals surface area contributed by atoms with Gasteiger partial charge in [0.05, 0.1) is 0 Å². The molecule has 0 bridgehead atoms. The van der Waals surface area contributed by atoms with E-state index in [2.05, 4.69) is 10.2 Å². The molecule has 26 heavy (non-hydrogen) atoms. The van der Waals surface area contributed by atoms with Gasteiger partial charge >= 0.3 is 0 Å². The molecule has 1 heterocycles. The molecule has 0 saturated carbocycles. The predicted octanol–water partition coefficient (Wildman–Crippen LogP) is 4.66. The van der Waals surface area contributed by atoms with Crippen molar-refractivity contribution >= 4 is 29.1 Å². The highest BCUT2D eigenvalue weighted by Crippen LogP contribution is 2.25. The van der Waals surface area contributed by atoms with E-state index in [4.69, 9.17) is 23.2 Å². The van der Waals surface area contributed by atoms with Gasteiger partial charge in [-0.15, -0.1) is 0 Å². The summed E-state index contributed by atoms with van der Waals surface area (Å²) in [5.41, 5.74) is 1.95. The number of amides is 1. The second-order valence-electron chi connectivity index (χ2n) is 6.63. The van der Waals surface area contributed by atoms with E-state index in [0.29, 0.717) is 16.6 Å². The number of benzene rings is 2. The maximum Gasteiger partial charge on any atom is 0.223 e. The van der Waals surface area contributed by atoms with Gasteiger partial charge in [-0.3, -0.25) is 9.69 Å². The second kappa shape index (κ2) is 8.85. The molecule has 0 aliphatic carbocycles. The van der Waals surface area contributed by atoms with E-state index >= 15 is 0 Å². The van der Waals surface area contributed by atoms with Gasteiger partial charge < -0.3 is 5.32 Å². The first-order valence-electron chi connectivity index (χ1n) is 8.69. The molecule has 1 N–H and O–H groups in total. The van der Waals surface area contributed by atoms with Crippen LogP contribution in [-0.4, -0.2) is 23.9 Å². The maximum absolute atomic E-state index is 12.9. The smallest absolute Gasteiger partial charge is 0.223 e. The van der Waals surface area contributed by atoms with Crippen LogP contribution in [0.2, 0.25) is 10.0 Å². The Morgan fingerprint density at radius 1 is 1.12 bits per heavy atom. The number of nitrogens with zero attached hydrogens (tertiary/aromatic N) is 1. The van der Waals surface area contributed by atoms with Gasteiger partial charge in [0, 0.05) is 29.1 Å². The Kier molecular flexibility index (Phi) is 6.52. The van der Waals surface area contributed by atoms with E-state index in [9.17, 15) is 9.18 Å². The van der Waals surface area contributed by atoms with Crippen molar-refractivity contribution < 1.29 is 9.18 Å². The fourth-order valence-corrected chi connectivity index (χ4v) is 3.65. The number of piperidine rings is 1. The minimum absolute atomic E-state index is 0.0207. The molecule has 0 radical (unpaired) electrons. The van der Waals surface area contributed by atoms with Gasteiger partial charge in [0.25, 0.3) is 0 Å². The Hall–Kier alpha value is -1.62. The largest absolute Gasteiger partial charge is 0.352 e. The molecule has 6 heteroatoms. The normalized spacial score (nSPS) is 15.8. The number of carbonyl (C=O) groups excluding carboxylic acids is 1. The van der Waals surface area contributed by atoms with Crippen LogP contribution in [0.25, 0.3) is 0 Å². The lowest BCUT2D eigenvalue weighted by atomic mass is 9.95. The Labute approximate surface area is 163 Å². The Balaban J connectivity index is 1.45. The maximum atomic E-state index is 12.9. The first kappa shape index (κ1) is 19.2. The topological polar surface area (TPSA) is 32.3 Å². The van der Waals surface area contributed by atoms with Crippen molar-refractivity contribution in [3.8, 4) is 0 Å². The van der Waals surface area contributed by atoms with E-state index in [-0.39, 0.29) is 17.6 Å². The highest BCUT2D eigenvalue weighted by Gasteiger charge is 2.25.